The molecule has 0 radical (unpaired) electrons. The molecule has 2 aliphatic carbocycles. The summed E-state index contributed by atoms with van der Waals surface area (Å²) >= 11 is 0. The molecular weight excluding hydrogens is 354 g/mol. The molecule has 2 saturated carbocycles. The Morgan fingerprint density at radius 1 is 0.893 bits per heavy atom. The van der Waals surface area contributed by atoms with Crippen molar-refractivity contribution in [3.63, 3.8) is 0 Å². The molecule has 3 rings (SSSR count). The van der Waals surface area contributed by atoms with Crippen molar-refractivity contribution in [2.45, 2.75) is 78.1 Å². The number of benzene rings is 1. The number of aryl methyl sites for hydroxylation is 1. The van der Waals surface area contributed by atoms with Gasteiger partial charge in [-0.2, -0.15) is 4.39 Å². The van der Waals surface area contributed by atoms with Crippen LogP contribution in [0.4, 0.5) is 8.78 Å². The van der Waals surface area contributed by atoms with Crippen molar-refractivity contribution in [2.75, 3.05) is 6.61 Å². The largest absolute Gasteiger partial charge is 0.490 e. The molecule has 1 nitrogen and oxygen atoms in total. The number of rotatable bonds is 7. The first-order valence-electron chi connectivity index (χ1n) is 11.3. The van der Waals surface area contributed by atoms with Gasteiger partial charge < -0.3 is 4.74 Å². The summed E-state index contributed by atoms with van der Waals surface area (Å²) in [5.74, 6) is 1.59. The Bertz CT molecular complexity index is 638. The van der Waals surface area contributed by atoms with Crippen LogP contribution in [0.3, 0.4) is 0 Å². The van der Waals surface area contributed by atoms with E-state index in [1.54, 1.807) is 19.1 Å². The van der Waals surface area contributed by atoms with Crippen LogP contribution < -0.4 is 4.74 Å². The molecule has 0 aliphatic heterocycles. The maximum absolute atomic E-state index is 13.9. The van der Waals surface area contributed by atoms with E-state index in [0.717, 1.165) is 30.6 Å². The average molecular weight is 391 g/mol. The van der Waals surface area contributed by atoms with Gasteiger partial charge in [-0.25, -0.2) is 4.39 Å². The number of ether oxygens (including phenoxy) is 1. The van der Waals surface area contributed by atoms with Crippen LogP contribution in [0.15, 0.2) is 24.3 Å². The molecule has 2 fully saturated rings. The predicted octanol–water partition coefficient (Wildman–Crippen LogP) is 7.62. The average Bonchev–Trinajstić information content (AvgIpc) is 2.73. The van der Waals surface area contributed by atoms with Gasteiger partial charge in [0.05, 0.1) is 6.61 Å². The summed E-state index contributed by atoms with van der Waals surface area (Å²) in [7, 11) is 0. The normalized spacial score (nSPS) is 28.6. The van der Waals surface area contributed by atoms with Gasteiger partial charge in [-0.1, -0.05) is 31.1 Å². The van der Waals surface area contributed by atoms with Gasteiger partial charge in [0.25, 0.3) is 0 Å². The Morgan fingerprint density at radius 3 is 2.11 bits per heavy atom. The van der Waals surface area contributed by atoms with Crippen molar-refractivity contribution in [3.05, 3.63) is 41.5 Å². The van der Waals surface area contributed by atoms with Gasteiger partial charge in [-0.3, -0.25) is 0 Å². The summed E-state index contributed by atoms with van der Waals surface area (Å²) < 4.78 is 33.3. The molecule has 2 aliphatic rings. The first-order chi connectivity index (χ1) is 13.6. The van der Waals surface area contributed by atoms with Gasteiger partial charge in [-0.15, -0.1) is 0 Å². The molecule has 0 heterocycles. The van der Waals surface area contributed by atoms with Gasteiger partial charge in [0.2, 0.25) is 5.82 Å². The first-order valence-corrected chi connectivity index (χ1v) is 11.3. The van der Waals surface area contributed by atoms with Crippen LogP contribution in [0.5, 0.6) is 5.75 Å². The van der Waals surface area contributed by atoms with Crippen LogP contribution in [-0.2, 0) is 0 Å². The predicted molar refractivity (Wildman–Crippen MR) is 112 cm³/mol. The van der Waals surface area contributed by atoms with Crippen molar-refractivity contribution in [1.82, 2.24) is 0 Å². The molecule has 0 saturated heterocycles. The molecule has 3 heteroatoms. The van der Waals surface area contributed by atoms with Crippen molar-refractivity contribution in [2.24, 2.45) is 23.7 Å². The highest BCUT2D eigenvalue weighted by Gasteiger charge is 2.31. The van der Waals surface area contributed by atoms with Gasteiger partial charge in [0.1, 0.15) is 0 Å². The molecule has 0 aromatic heterocycles. The smallest absolute Gasteiger partial charge is 0.200 e. The fourth-order valence-corrected chi connectivity index (χ4v) is 5.22. The summed E-state index contributed by atoms with van der Waals surface area (Å²) in [6, 6.07) is 3.13. The standard InChI is InChI=1S/C25H36F2O/c1-3-4-5-6-19-8-12-21(13-9-19)22-14-10-20(11-15-22)17-28-23-16-7-18(2)24(26)25(23)27/h3-4,7,16,19-22H,5-6,8-15,17H2,1-2H3/b4-3+. The van der Waals surface area contributed by atoms with Gasteiger partial charge >= 0.3 is 0 Å². The zero-order valence-corrected chi connectivity index (χ0v) is 17.6. The Hall–Kier alpha value is -1.38. The third-order valence-corrected chi connectivity index (χ3v) is 7.14. The monoisotopic (exact) mass is 390 g/mol. The highest BCUT2D eigenvalue weighted by atomic mass is 19.2. The number of hydrogen-bond acceptors (Lipinski definition) is 1. The third-order valence-electron chi connectivity index (χ3n) is 7.14. The van der Waals surface area contributed by atoms with E-state index < -0.39 is 11.6 Å². The number of allylic oxidation sites excluding steroid dienone is 2. The zero-order chi connectivity index (χ0) is 19.9. The number of hydrogen-bond donors (Lipinski definition) is 0. The van der Waals surface area contributed by atoms with Gasteiger partial charge in [-0.05, 0) is 101 Å². The highest BCUT2D eigenvalue weighted by molar-refractivity contribution is 5.30. The summed E-state index contributed by atoms with van der Waals surface area (Å²) in [5, 5.41) is 0. The minimum atomic E-state index is -0.847. The van der Waals surface area contributed by atoms with Crippen LogP contribution in [0.25, 0.3) is 0 Å². The summed E-state index contributed by atoms with van der Waals surface area (Å²) in [5.41, 5.74) is 0.321. The zero-order valence-electron chi connectivity index (χ0n) is 17.6. The molecule has 0 unspecified atom stereocenters. The van der Waals surface area contributed by atoms with E-state index in [1.165, 1.54) is 51.4 Å². The first kappa shape index (κ1) is 21.3. The van der Waals surface area contributed by atoms with Crippen LogP contribution in [0.1, 0.15) is 76.7 Å². The van der Waals surface area contributed by atoms with Gasteiger partial charge in [0.15, 0.2) is 11.6 Å². The molecule has 0 spiro atoms. The van der Waals surface area contributed by atoms with E-state index in [-0.39, 0.29) is 5.75 Å². The molecule has 0 amide bonds. The Kier molecular flexibility index (Phi) is 7.93. The van der Waals surface area contributed by atoms with E-state index in [1.807, 2.05) is 0 Å². The molecule has 28 heavy (non-hydrogen) atoms. The Labute approximate surface area is 169 Å². The fourth-order valence-electron chi connectivity index (χ4n) is 5.22. The van der Waals surface area contributed by atoms with E-state index in [0.29, 0.717) is 18.1 Å². The second-order valence-electron chi connectivity index (χ2n) is 9.03. The second kappa shape index (κ2) is 10.4. The molecule has 1 aromatic carbocycles. The lowest BCUT2D eigenvalue weighted by molar-refractivity contribution is 0.120. The van der Waals surface area contributed by atoms with Crippen LogP contribution >= 0.6 is 0 Å². The molecule has 0 atom stereocenters. The molecule has 0 bridgehead atoms. The topological polar surface area (TPSA) is 9.23 Å². The van der Waals surface area contributed by atoms with E-state index >= 15 is 0 Å². The summed E-state index contributed by atoms with van der Waals surface area (Å²) in [4.78, 5) is 0. The minimum absolute atomic E-state index is 0.0569. The quantitative estimate of drug-likeness (QED) is 0.435. The molecule has 1 aromatic rings. The van der Waals surface area contributed by atoms with Crippen molar-refractivity contribution < 1.29 is 13.5 Å². The molecule has 156 valence electrons. The lowest BCUT2D eigenvalue weighted by atomic mass is 9.69. The van der Waals surface area contributed by atoms with E-state index in [9.17, 15) is 8.78 Å². The molecular formula is C25H36F2O. The van der Waals surface area contributed by atoms with E-state index in [4.69, 9.17) is 4.74 Å². The summed E-state index contributed by atoms with van der Waals surface area (Å²) in [6.07, 6.45) is 17.5. The lowest BCUT2D eigenvalue weighted by Gasteiger charge is -2.37. The summed E-state index contributed by atoms with van der Waals surface area (Å²) in [6.45, 7) is 4.18. The highest BCUT2D eigenvalue weighted by Crippen LogP contribution is 2.42. The Morgan fingerprint density at radius 2 is 1.50 bits per heavy atom. The minimum Gasteiger partial charge on any atom is -0.490 e. The molecule has 0 N–H and O–H groups in total. The third kappa shape index (κ3) is 5.58. The van der Waals surface area contributed by atoms with Crippen molar-refractivity contribution >= 4 is 0 Å². The van der Waals surface area contributed by atoms with Crippen LogP contribution in [-0.4, -0.2) is 6.61 Å². The van der Waals surface area contributed by atoms with Crippen LogP contribution in [0.2, 0.25) is 0 Å². The van der Waals surface area contributed by atoms with Crippen LogP contribution in [0, 0.1) is 42.2 Å². The van der Waals surface area contributed by atoms with Crippen molar-refractivity contribution in [1.29, 1.82) is 0 Å². The fraction of sp³-hybridized carbons (Fsp3) is 0.680. The number of halogens is 2. The second-order valence-corrected chi connectivity index (χ2v) is 9.03. The Balaban J connectivity index is 1.38. The van der Waals surface area contributed by atoms with Gasteiger partial charge in [0, 0.05) is 0 Å². The maximum Gasteiger partial charge on any atom is 0.200 e. The lowest BCUT2D eigenvalue weighted by Crippen LogP contribution is -2.27. The van der Waals surface area contributed by atoms with E-state index in [2.05, 4.69) is 19.1 Å². The SMILES string of the molecule is C/C=C/CCC1CCC(C2CCC(COc3ccc(C)c(F)c3F)CC2)CC1. The maximum atomic E-state index is 13.9. The van der Waals surface area contributed by atoms with Crippen molar-refractivity contribution in [3.8, 4) is 5.75 Å².